The van der Waals surface area contributed by atoms with Crippen molar-refractivity contribution in [2.24, 2.45) is 5.92 Å². The molecular weight excluding hydrogens is 132 g/mol. The van der Waals surface area contributed by atoms with Crippen LogP contribution in [0.5, 0.6) is 0 Å². The minimum Gasteiger partial charge on any atom is -0.0801 e. The first-order valence-electron chi connectivity index (χ1n) is 4.28. The average Bonchev–Trinajstić information content (AvgIpc) is 2.34. The lowest BCUT2D eigenvalue weighted by molar-refractivity contribution is 0.648. The van der Waals surface area contributed by atoms with Gasteiger partial charge in [0.25, 0.3) is 0 Å². The first-order chi connectivity index (χ1) is 5.24. The molecule has 0 aromatic rings. The molecule has 0 atom stereocenters. The van der Waals surface area contributed by atoms with E-state index in [1.54, 1.807) is 0 Å². The highest BCUT2D eigenvalue weighted by atomic mass is 14.1. The van der Waals surface area contributed by atoms with Crippen LogP contribution in [-0.2, 0) is 0 Å². The van der Waals surface area contributed by atoms with E-state index in [-0.39, 0.29) is 0 Å². The fourth-order valence-corrected chi connectivity index (χ4v) is 1.38. The Labute approximate surface area is 69.3 Å². The molecule has 0 heteroatoms. The van der Waals surface area contributed by atoms with Crippen LogP contribution < -0.4 is 0 Å². The highest BCUT2D eigenvalue weighted by Crippen LogP contribution is 2.24. The van der Waals surface area contributed by atoms with Crippen molar-refractivity contribution in [3.05, 3.63) is 35.5 Å². The lowest BCUT2D eigenvalue weighted by Gasteiger charge is -2.06. The normalized spacial score (nSPS) is 20.0. The van der Waals surface area contributed by atoms with E-state index in [0.29, 0.717) is 0 Å². The van der Waals surface area contributed by atoms with Gasteiger partial charge in [0.1, 0.15) is 0 Å². The van der Waals surface area contributed by atoms with Crippen molar-refractivity contribution in [2.75, 3.05) is 0 Å². The molecule has 0 radical (unpaired) electrons. The van der Waals surface area contributed by atoms with Gasteiger partial charge in [-0.3, -0.25) is 0 Å². The largest absolute Gasteiger partial charge is 0.0801 e. The summed E-state index contributed by atoms with van der Waals surface area (Å²) in [6, 6.07) is 0. The summed E-state index contributed by atoms with van der Waals surface area (Å²) in [5.74, 6) is 0.760. The summed E-state index contributed by atoms with van der Waals surface area (Å²) in [6.45, 7) is 6.61. The van der Waals surface area contributed by atoms with Crippen LogP contribution in [0.3, 0.4) is 0 Å². The third-order valence-corrected chi connectivity index (χ3v) is 1.88. The number of allylic oxidation sites excluding steroid dienone is 6. The van der Waals surface area contributed by atoms with Crippen molar-refractivity contribution in [1.29, 1.82) is 0 Å². The molecule has 60 valence electrons. The molecule has 0 N–H and O–H groups in total. The quantitative estimate of drug-likeness (QED) is 0.562. The summed E-state index contributed by atoms with van der Waals surface area (Å²) >= 11 is 0. The maximum Gasteiger partial charge on any atom is -0.0250 e. The minimum absolute atomic E-state index is 0.760. The highest BCUT2D eigenvalue weighted by Gasteiger charge is 2.06. The van der Waals surface area contributed by atoms with Gasteiger partial charge in [-0.05, 0) is 30.4 Å². The van der Waals surface area contributed by atoms with Crippen LogP contribution in [0, 0.1) is 5.92 Å². The zero-order valence-electron chi connectivity index (χ0n) is 7.59. The predicted molar refractivity (Wildman–Crippen MR) is 50.4 cm³/mol. The molecule has 0 saturated carbocycles. The Morgan fingerprint density at radius 1 is 1.45 bits per heavy atom. The highest BCUT2D eigenvalue weighted by molar-refractivity contribution is 5.47. The monoisotopic (exact) mass is 148 g/mol. The van der Waals surface area contributed by atoms with Gasteiger partial charge in [0, 0.05) is 0 Å². The van der Waals surface area contributed by atoms with E-state index in [0.717, 1.165) is 5.92 Å². The third-order valence-electron chi connectivity index (χ3n) is 1.88. The first kappa shape index (κ1) is 8.32. The van der Waals surface area contributed by atoms with E-state index in [2.05, 4.69) is 45.1 Å². The second-order valence-corrected chi connectivity index (χ2v) is 3.39. The van der Waals surface area contributed by atoms with Gasteiger partial charge in [-0.1, -0.05) is 38.2 Å². The fraction of sp³-hybridized carbons (Fsp3) is 0.455. The van der Waals surface area contributed by atoms with Gasteiger partial charge < -0.3 is 0 Å². The maximum atomic E-state index is 2.26. The van der Waals surface area contributed by atoms with Gasteiger partial charge in [-0.2, -0.15) is 0 Å². The van der Waals surface area contributed by atoms with Gasteiger partial charge in [-0.25, -0.2) is 0 Å². The summed E-state index contributed by atoms with van der Waals surface area (Å²) in [5, 5.41) is 0. The lowest BCUT2D eigenvalue weighted by Crippen LogP contribution is -1.91. The molecule has 0 spiro atoms. The molecule has 0 aromatic carbocycles. The second kappa shape index (κ2) is 3.56. The van der Waals surface area contributed by atoms with E-state index in [1.807, 2.05) is 0 Å². The minimum atomic E-state index is 0.760. The van der Waals surface area contributed by atoms with E-state index >= 15 is 0 Å². The molecule has 0 aromatic heterocycles. The van der Waals surface area contributed by atoms with Crippen LogP contribution >= 0.6 is 0 Å². The van der Waals surface area contributed by atoms with E-state index < -0.39 is 0 Å². The topological polar surface area (TPSA) is 0 Å². The molecule has 0 unspecified atom stereocenters. The predicted octanol–water partition coefficient (Wildman–Crippen LogP) is 3.48. The van der Waals surface area contributed by atoms with Crippen molar-refractivity contribution < 1.29 is 0 Å². The Kier molecular flexibility index (Phi) is 2.70. The summed E-state index contributed by atoms with van der Waals surface area (Å²) < 4.78 is 0. The third kappa shape index (κ3) is 2.07. The fourth-order valence-electron chi connectivity index (χ4n) is 1.38. The smallest absolute Gasteiger partial charge is 0.0250 e. The zero-order chi connectivity index (χ0) is 8.27. The van der Waals surface area contributed by atoms with Crippen molar-refractivity contribution in [3.8, 4) is 0 Å². The number of hydrogen-bond acceptors (Lipinski definition) is 0. The summed E-state index contributed by atoms with van der Waals surface area (Å²) in [6.07, 6.45) is 9.91. The molecule has 1 aliphatic rings. The summed E-state index contributed by atoms with van der Waals surface area (Å²) in [5.41, 5.74) is 2.89. The Balaban J connectivity index is 2.62. The molecule has 1 rings (SSSR count). The zero-order valence-corrected chi connectivity index (χ0v) is 7.59. The number of rotatable bonds is 2. The van der Waals surface area contributed by atoms with Gasteiger partial charge in [0.05, 0.1) is 0 Å². The lowest BCUT2D eigenvalue weighted by atomic mass is 9.99. The second-order valence-electron chi connectivity index (χ2n) is 3.39. The van der Waals surface area contributed by atoms with Gasteiger partial charge >= 0.3 is 0 Å². The van der Waals surface area contributed by atoms with Gasteiger partial charge in [0.15, 0.2) is 0 Å². The van der Waals surface area contributed by atoms with E-state index in [4.69, 9.17) is 0 Å². The van der Waals surface area contributed by atoms with E-state index in [9.17, 15) is 0 Å². The van der Waals surface area contributed by atoms with Crippen LogP contribution in [-0.4, -0.2) is 0 Å². The van der Waals surface area contributed by atoms with Gasteiger partial charge in [-0.15, -0.1) is 0 Å². The Morgan fingerprint density at radius 2 is 2.18 bits per heavy atom. The Morgan fingerprint density at radius 3 is 2.73 bits per heavy atom. The molecule has 0 nitrogen and oxygen atoms in total. The van der Waals surface area contributed by atoms with Crippen LogP contribution in [0.15, 0.2) is 35.5 Å². The van der Waals surface area contributed by atoms with Gasteiger partial charge in [0.2, 0.25) is 0 Å². The molecule has 0 aliphatic heterocycles. The Bertz CT molecular complexity index is 214. The first-order valence-corrected chi connectivity index (χ1v) is 4.28. The maximum absolute atomic E-state index is 2.26. The number of hydrogen-bond donors (Lipinski definition) is 0. The van der Waals surface area contributed by atoms with Crippen LogP contribution in [0.25, 0.3) is 0 Å². The SMILES string of the molecule is CC=C1C=CC=C1CC(C)C. The van der Waals surface area contributed by atoms with Crippen molar-refractivity contribution in [2.45, 2.75) is 27.2 Å². The van der Waals surface area contributed by atoms with Crippen LogP contribution in [0.2, 0.25) is 0 Å². The van der Waals surface area contributed by atoms with Crippen molar-refractivity contribution in [3.63, 3.8) is 0 Å². The molecule has 0 saturated heterocycles. The van der Waals surface area contributed by atoms with Crippen LogP contribution in [0.1, 0.15) is 27.2 Å². The molecule has 0 fully saturated rings. The molecule has 0 heterocycles. The Hall–Kier alpha value is -0.780. The van der Waals surface area contributed by atoms with Crippen molar-refractivity contribution in [1.82, 2.24) is 0 Å². The molecule has 1 aliphatic carbocycles. The average molecular weight is 148 g/mol. The van der Waals surface area contributed by atoms with Crippen LogP contribution in [0.4, 0.5) is 0 Å². The summed E-state index contributed by atoms with van der Waals surface area (Å²) in [7, 11) is 0. The van der Waals surface area contributed by atoms with E-state index in [1.165, 1.54) is 17.6 Å². The molecule has 11 heavy (non-hydrogen) atoms. The van der Waals surface area contributed by atoms with Crippen molar-refractivity contribution >= 4 is 0 Å². The standard InChI is InChI=1S/C11H16/c1-4-10-6-5-7-11(10)8-9(2)3/h4-7,9H,8H2,1-3H3. The molecular formula is C11H16. The molecule has 0 bridgehead atoms. The summed E-state index contributed by atoms with van der Waals surface area (Å²) in [4.78, 5) is 0. The molecule has 0 amide bonds.